The molecular formula is C18H26F3N3OS. The average Bonchev–Trinajstić information content (AvgIpc) is 3.25. The van der Waals surface area contributed by atoms with E-state index in [4.69, 9.17) is 0 Å². The maximum Gasteiger partial charge on any atom is 0.401 e. The normalized spacial score (nSPS) is 21.8. The Balaban J connectivity index is 1.52. The van der Waals surface area contributed by atoms with Crippen LogP contribution >= 0.6 is 11.3 Å². The summed E-state index contributed by atoms with van der Waals surface area (Å²) >= 11 is 1.38. The van der Waals surface area contributed by atoms with Crippen molar-refractivity contribution in [3.63, 3.8) is 0 Å². The van der Waals surface area contributed by atoms with Gasteiger partial charge in [-0.2, -0.15) is 13.2 Å². The standard InChI is InChI=1S/C18H26F3N3OS/c1-12(13-6-8-24(9-7-13)10-18(19,20)21)23-17(25)16-15(22-11-26-16)14-4-2-3-5-14/h11-14H,2-10H2,1H3,(H,23,25)/t12-/m0/s1. The Morgan fingerprint density at radius 1 is 1.31 bits per heavy atom. The molecule has 0 spiro atoms. The molecular weight excluding hydrogens is 363 g/mol. The van der Waals surface area contributed by atoms with E-state index in [2.05, 4.69) is 10.3 Å². The second kappa shape index (κ2) is 8.25. The average molecular weight is 389 g/mol. The molecule has 0 bridgehead atoms. The van der Waals surface area contributed by atoms with Crippen molar-refractivity contribution in [2.75, 3.05) is 19.6 Å². The molecule has 1 amide bonds. The third-order valence-corrected chi connectivity index (χ3v) is 6.49. The fraction of sp³-hybridized carbons (Fsp3) is 0.778. The molecule has 26 heavy (non-hydrogen) atoms. The molecule has 8 heteroatoms. The van der Waals surface area contributed by atoms with Crippen LogP contribution in [0.4, 0.5) is 13.2 Å². The smallest absolute Gasteiger partial charge is 0.349 e. The van der Waals surface area contributed by atoms with Gasteiger partial charge in [0.1, 0.15) is 4.88 Å². The van der Waals surface area contributed by atoms with Crippen LogP contribution in [-0.4, -0.2) is 47.6 Å². The summed E-state index contributed by atoms with van der Waals surface area (Å²) in [5.74, 6) is 0.522. The van der Waals surface area contributed by atoms with Crippen LogP contribution in [0.2, 0.25) is 0 Å². The van der Waals surface area contributed by atoms with E-state index >= 15 is 0 Å². The van der Waals surface area contributed by atoms with Crippen molar-refractivity contribution >= 4 is 17.2 Å². The van der Waals surface area contributed by atoms with Gasteiger partial charge in [-0.1, -0.05) is 12.8 Å². The SMILES string of the molecule is C[C@H](NC(=O)c1scnc1C1CCCC1)C1CCN(CC(F)(F)F)CC1. The van der Waals surface area contributed by atoms with Crippen molar-refractivity contribution in [1.29, 1.82) is 0 Å². The number of carbonyl (C=O) groups excluding carboxylic acids is 1. The Morgan fingerprint density at radius 3 is 2.58 bits per heavy atom. The molecule has 0 aromatic carbocycles. The van der Waals surface area contributed by atoms with E-state index < -0.39 is 12.7 Å². The number of rotatable bonds is 5. The van der Waals surface area contributed by atoms with Crippen LogP contribution in [0.25, 0.3) is 0 Å². The lowest BCUT2D eigenvalue weighted by Crippen LogP contribution is -2.46. The van der Waals surface area contributed by atoms with Gasteiger partial charge in [-0.05, 0) is 51.6 Å². The molecule has 1 saturated heterocycles. The van der Waals surface area contributed by atoms with Crippen LogP contribution in [-0.2, 0) is 0 Å². The van der Waals surface area contributed by atoms with Crippen molar-refractivity contribution < 1.29 is 18.0 Å². The van der Waals surface area contributed by atoms with Crippen LogP contribution in [0, 0.1) is 5.92 Å². The fourth-order valence-electron chi connectivity index (χ4n) is 4.17. The Kier molecular flexibility index (Phi) is 6.22. The number of nitrogens with zero attached hydrogens (tertiary/aromatic N) is 2. The summed E-state index contributed by atoms with van der Waals surface area (Å²) in [7, 11) is 0. The van der Waals surface area contributed by atoms with Gasteiger partial charge in [0.05, 0.1) is 17.7 Å². The number of thiazole rings is 1. The van der Waals surface area contributed by atoms with Gasteiger partial charge in [0.2, 0.25) is 0 Å². The highest BCUT2D eigenvalue weighted by Gasteiger charge is 2.34. The third-order valence-electron chi connectivity index (χ3n) is 5.64. The highest BCUT2D eigenvalue weighted by Crippen LogP contribution is 2.36. The van der Waals surface area contributed by atoms with E-state index in [9.17, 15) is 18.0 Å². The van der Waals surface area contributed by atoms with Crippen LogP contribution in [0.3, 0.4) is 0 Å². The fourth-order valence-corrected chi connectivity index (χ4v) is 4.95. The second-order valence-electron chi connectivity index (χ2n) is 7.54. The quantitative estimate of drug-likeness (QED) is 0.821. The number of nitrogens with one attached hydrogen (secondary N) is 1. The molecule has 1 saturated carbocycles. The first-order chi connectivity index (χ1) is 12.3. The monoisotopic (exact) mass is 389 g/mol. The molecule has 146 valence electrons. The van der Waals surface area contributed by atoms with Crippen molar-refractivity contribution in [2.45, 2.75) is 63.6 Å². The Morgan fingerprint density at radius 2 is 1.96 bits per heavy atom. The number of aromatic nitrogens is 1. The first kappa shape index (κ1) is 19.6. The zero-order chi connectivity index (χ0) is 18.7. The van der Waals surface area contributed by atoms with Crippen LogP contribution in [0.5, 0.6) is 0 Å². The minimum Gasteiger partial charge on any atom is -0.349 e. The molecule has 4 nitrogen and oxygen atoms in total. The molecule has 1 N–H and O–H groups in total. The van der Waals surface area contributed by atoms with Gasteiger partial charge in [0.15, 0.2) is 0 Å². The molecule has 1 atom stereocenters. The minimum atomic E-state index is -4.14. The van der Waals surface area contributed by atoms with Gasteiger partial charge >= 0.3 is 6.18 Å². The predicted molar refractivity (Wildman–Crippen MR) is 95.5 cm³/mol. The van der Waals surface area contributed by atoms with E-state index in [1.54, 1.807) is 5.51 Å². The van der Waals surface area contributed by atoms with Crippen molar-refractivity contribution in [2.24, 2.45) is 5.92 Å². The Bertz CT molecular complexity index is 605. The van der Waals surface area contributed by atoms with E-state index in [-0.39, 0.29) is 17.9 Å². The highest BCUT2D eigenvalue weighted by molar-refractivity contribution is 7.11. The summed E-state index contributed by atoms with van der Waals surface area (Å²) in [6, 6.07) is -0.0472. The number of hydrogen-bond acceptors (Lipinski definition) is 4. The lowest BCUT2D eigenvalue weighted by molar-refractivity contribution is -0.148. The molecule has 1 aromatic heterocycles. The molecule has 0 radical (unpaired) electrons. The number of amides is 1. The van der Waals surface area contributed by atoms with Crippen molar-refractivity contribution in [3.05, 3.63) is 16.1 Å². The van der Waals surface area contributed by atoms with E-state index in [0.717, 1.165) is 18.5 Å². The summed E-state index contributed by atoms with van der Waals surface area (Å²) in [6.45, 7) is 1.97. The van der Waals surface area contributed by atoms with Gasteiger partial charge in [0, 0.05) is 12.0 Å². The zero-order valence-corrected chi connectivity index (χ0v) is 15.8. The number of carbonyl (C=O) groups is 1. The highest BCUT2D eigenvalue weighted by atomic mass is 32.1. The number of hydrogen-bond donors (Lipinski definition) is 1. The Labute approximate surface area is 156 Å². The summed E-state index contributed by atoms with van der Waals surface area (Å²) in [5.41, 5.74) is 2.67. The number of alkyl halides is 3. The van der Waals surface area contributed by atoms with Gasteiger partial charge in [-0.3, -0.25) is 9.69 Å². The lowest BCUT2D eigenvalue weighted by Gasteiger charge is -2.35. The van der Waals surface area contributed by atoms with Crippen molar-refractivity contribution in [1.82, 2.24) is 15.2 Å². The summed E-state index contributed by atoms with van der Waals surface area (Å²) in [6.07, 6.45) is 1.78. The summed E-state index contributed by atoms with van der Waals surface area (Å²) < 4.78 is 37.5. The van der Waals surface area contributed by atoms with E-state index in [1.165, 1.54) is 29.1 Å². The van der Waals surface area contributed by atoms with Gasteiger partial charge in [0.25, 0.3) is 5.91 Å². The topological polar surface area (TPSA) is 45.2 Å². The summed E-state index contributed by atoms with van der Waals surface area (Å²) in [5, 5.41) is 3.07. The zero-order valence-electron chi connectivity index (χ0n) is 15.0. The molecule has 3 rings (SSSR count). The molecule has 2 fully saturated rings. The van der Waals surface area contributed by atoms with Crippen LogP contribution in [0.15, 0.2) is 5.51 Å². The van der Waals surface area contributed by atoms with Crippen LogP contribution in [0.1, 0.15) is 66.7 Å². The number of halogens is 3. The van der Waals surface area contributed by atoms with Gasteiger partial charge in [-0.15, -0.1) is 11.3 Å². The molecule has 2 aliphatic rings. The first-order valence-corrected chi connectivity index (χ1v) is 10.2. The van der Waals surface area contributed by atoms with Crippen molar-refractivity contribution in [3.8, 4) is 0 Å². The maximum absolute atomic E-state index is 12.7. The van der Waals surface area contributed by atoms with Crippen LogP contribution < -0.4 is 5.32 Å². The third kappa shape index (κ3) is 4.97. The Hall–Kier alpha value is -1.15. The maximum atomic E-state index is 12.7. The molecule has 2 heterocycles. The van der Waals surface area contributed by atoms with Gasteiger partial charge in [-0.25, -0.2) is 4.98 Å². The number of piperidine rings is 1. The minimum absolute atomic E-state index is 0.0472. The molecule has 1 aliphatic carbocycles. The second-order valence-corrected chi connectivity index (χ2v) is 8.39. The van der Waals surface area contributed by atoms with E-state index in [0.29, 0.717) is 36.7 Å². The lowest BCUT2D eigenvalue weighted by atomic mass is 9.90. The molecule has 1 aliphatic heterocycles. The first-order valence-electron chi connectivity index (χ1n) is 9.37. The van der Waals surface area contributed by atoms with E-state index in [1.807, 2.05) is 6.92 Å². The molecule has 0 unspecified atom stereocenters. The number of likely N-dealkylation sites (tertiary alicyclic amines) is 1. The summed E-state index contributed by atoms with van der Waals surface area (Å²) in [4.78, 5) is 19.3. The predicted octanol–water partition coefficient (Wildman–Crippen LogP) is 4.19. The van der Waals surface area contributed by atoms with Gasteiger partial charge < -0.3 is 5.32 Å². The largest absolute Gasteiger partial charge is 0.401 e. The molecule has 1 aromatic rings.